The highest BCUT2D eigenvalue weighted by atomic mass is 32.2. The van der Waals surface area contributed by atoms with Gasteiger partial charge in [0.25, 0.3) is 0 Å². The predicted molar refractivity (Wildman–Crippen MR) is 138 cm³/mol. The van der Waals surface area contributed by atoms with Crippen LogP contribution in [0.5, 0.6) is 5.75 Å². The van der Waals surface area contributed by atoms with Crippen molar-refractivity contribution in [2.45, 2.75) is 45.6 Å². The highest BCUT2D eigenvalue weighted by molar-refractivity contribution is 7.92. The summed E-state index contributed by atoms with van der Waals surface area (Å²) in [5.41, 5.74) is 2.75. The minimum Gasteiger partial charge on any atom is -0.495 e. The molecule has 0 aromatic heterocycles. The van der Waals surface area contributed by atoms with Gasteiger partial charge in [-0.1, -0.05) is 31.2 Å². The van der Waals surface area contributed by atoms with Gasteiger partial charge in [-0.2, -0.15) is 0 Å². The number of nitrogens with zero attached hydrogens (tertiary/aromatic N) is 2. The number of anilines is 2. The van der Waals surface area contributed by atoms with Gasteiger partial charge in [-0.05, 0) is 61.9 Å². The molecule has 1 saturated heterocycles. The van der Waals surface area contributed by atoms with Crippen LogP contribution in [0.2, 0.25) is 0 Å². The summed E-state index contributed by atoms with van der Waals surface area (Å²) in [5, 5.41) is 3.03. The fourth-order valence-corrected chi connectivity index (χ4v) is 5.29. The molecule has 1 amide bonds. The molecule has 2 aromatic carbocycles. The van der Waals surface area contributed by atoms with Crippen LogP contribution < -0.4 is 19.3 Å². The third kappa shape index (κ3) is 6.88. The molecule has 0 spiro atoms. The maximum absolute atomic E-state index is 12.6. The maximum atomic E-state index is 12.6. The summed E-state index contributed by atoms with van der Waals surface area (Å²) in [4.78, 5) is 15.0. The largest absolute Gasteiger partial charge is 0.495 e. The van der Waals surface area contributed by atoms with Crippen molar-refractivity contribution in [3.05, 3.63) is 54.1 Å². The molecule has 186 valence electrons. The lowest BCUT2D eigenvalue weighted by molar-refractivity contribution is -0.121. The normalized spacial score (nSPS) is 15.6. The van der Waals surface area contributed by atoms with Crippen LogP contribution in [0.3, 0.4) is 0 Å². The van der Waals surface area contributed by atoms with Crippen molar-refractivity contribution in [2.75, 3.05) is 42.2 Å². The lowest BCUT2D eigenvalue weighted by Crippen LogP contribution is -2.33. The molecule has 0 unspecified atom stereocenters. The lowest BCUT2D eigenvalue weighted by Gasteiger charge is -2.32. The number of sulfonamides is 1. The quantitative estimate of drug-likeness (QED) is 0.539. The molecule has 2 aromatic rings. The van der Waals surface area contributed by atoms with Crippen molar-refractivity contribution in [3.63, 3.8) is 0 Å². The molecule has 1 N–H and O–H groups in total. The Morgan fingerprint density at radius 3 is 2.41 bits per heavy atom. The molecule has 0 aliphatic carbocycles. The number of amides is 1. The van der Waals surface area contributed by atoms with Crippen LogP contribution >= 0.6 is 0 Å². The summed E-state index contributed by atoms with van der Waals surface area (Å²) in [6.07, 6.45) is 4.24. The molecule has 1 atom stereocenters. The second-order valence-electron chi connectivity index (χ2n) is 9.16. The van der Waals surface area contributed by atoms with E-state index < -0.39 is 10.0 Å². The predicted octanol–water partition coefficient (Wildman–Crippen LogP) is 4.36. The number of piperidine rings is 1. The first-order valence-corrected chi connectivity index (χ1v) is 13.8. The fourth-order valence-electron chi connectivity index (χ4n) is 4.32. The summed E-state index contributed by atoms with van der Waals surface area (Å²) in [5.74, 6) is 1.17. The number of benzene rings is 2. The van der Waals surface area contributed by atoms with E-state index in [-0.39, 0.29) is 24.9 Å². The highest BCUT2D eigenvalue weighted by Crippen LogP contribution is 2.30. The number of rotatable bonds is 10. The van der Waals surface area contributed by atoms with Gasteiger partial charge in [0, 0.05) is 31.7 Å². The standard InChI is InChI=1S/C26H37N3O4S/c1-20-15-18-28(19-16-20)23-13-11-22(12-14-23)21(2)27-26(30)10-7-17-29(34(4,31)32)24-8-5-6-9-25(24)33-3/h5-6,8-9,11-14,20-21H,7,10,15-19H2,1-4H3,(H,27,30)/t21-/m0/s1. The number of carbonyl (C=O) groups excluding carboxylic acids is 1. The van der Waals surface area contributed by atoms with E-state index in [2.05, 4.69) is 41.4 Å². The first-order valence-electron chi connectivity index (χ1n) is 11.9. The lowest BCUT2D eigenvalue weighted by atomic mass is 9.98. The van der Waals surface area contributed by atoms with Gasteiger partial charge in [-0.15, -0.1) is 0 Å². The average molecular weight is 488 g/mol. The van der Waals surface area contributed by atoms with Crippen LogP contribution in [-0.2, 0) is 14.8 Å². The Balaban J connectivity index is 1.52. The van der Waals surface area contributed by atoms with Gasteiger partial charge in [0.1, 0.15) is 5.75 Å². The van der Waals surface area contributed by atoms with Crippen LogP contribution in [0.4, 0.5) is 11.4 Å². The van der Waals surface area contributed by atoms with Gasteiger partial charge in [-0.3, -0.25) is 9.10 Å². The van der Waals surface area contributed by atoms with Crippen LogP contribution in [0.25, 0.3) is 0 Å². The number of para-hydroxylation sites is 2. The molecule has 0 bridgehead atoms. The van der Waals surface area contributed by atoms with Crippen LogP contribution in [0.1, 0.15) is 51.1 Å². The molecule has 0 radical (unpaired) electrons. The summed E-state index contributed by atoms with van der Waals surface area (Å²) in [6, 6.07) is 15.3. The maximum Gasteiger partial charge on any atom is 0.232 e. The second-order valence-corrected chi connectivity index (χ2v) is 11.1. The van der Waals surface area contributed by atoms with E-state index in [1.165, 1.54) is 29.9 Å². The van der Waals surface area contributed by atoms with E-state index in [0.717, 1.165) is 30.8 Å². The fraction of sp³-hybridized carbons (Fsp3) is 0.500. The Bertz CT molecular complexity index is 1050. The Hall–Kier alpha value is -2.74. The Kier molecular flexibility index (Phi) is 8.83. The first kappa shape index (κ1) is 25.9. The van der Waals surface area contributed by atoms with Crippen molar-refractivity contribution < 1.29 is 17.9 Å². The van der Waals surface area contributed by atoms with Gasteiger partial charge in [0.2, 0.25) is 15.9 Å². The van der Waals surface area contributed by atoms with E-state index in [0.29, 0.717) is 17.9 Å². The monoisotopic (exact) mass is 487 g/mol. The van der Waals surface area contributed by atoms with E-state index >= 15 is 0 Å². The van der Waals surface area contributed by atoms with Crippen molar-refractivity contribution >= 4 is 27.3 Å². The SMILES string of the molecule is COc1ccccc1N(CCCC(=O)N[C@@H](C)c1ccc(N2CCC(C)CC2)cc1)S(C)(=O)=O. The number of nitrogens with one attached hydrogen (secondary N) is 1. The molecule has 1 fully saturated rings. The average Bonchev–Trinajstić information content (AvgIpc) is 2.81. The number of carbonyl (C=O) groups is 1. The molecule has 34 heavy (non-hydrogen) atoms. The second kappa shape index (κ2) is 11.6. The van der Waals surface area contributed by atoms with Crippen molar-refractivity contribution in [2.24, 2.45) is 5.92 Å². The molecule has 3 rings (SSSR count). The van der Waals surface area contributed by atoms with Crippen LogP contribution in [0, 0.1) is 5.92 Å². The number of hydrogen-bond acceptors (Lipinski definition) is 5. The molecule has 1 aliphatic heterocycles. The summed E-state index contributed by atoms with van der Waals surface area (Å²) >= 11 is 0. The molecule has 7 nitrogen and oxygen atoms in total. The topological polar surface area (TPSA) is 79.0 Å². The zero-order valence-corrected chi connectivity index (χ0v) is 21.5. The smallest absolute Gasteiger partial charge is 0.232 e. The number of methoxy groups -OCH3 is 1. The van der Waals surface area contributed by atoms with Gasteiger partial charge < -0.3 is 15.0 Å². The molecule has 8 heteroatoms. The third-order valence-electron chi connectivity index (χ3n) is 6.44. The molecular weight excluding hydrogens is 450 g/mol. The van der Waals surface area contributed by atoms with E-state index in [1.54, 1.807) is 24.3 Å². The van der Waals surface area contributed by atoms with Crippen molar-refractivity contribution in [3.8, 4) is 5.75 Å². The molecule has 1 heterocycles. The van der Waals surface area contributed by atoms with Crippen molar-refractivity contribution in [1.82, 2.24) is 5.32 Å². The summed E-state index contributed by atoms with van der Waals surface area (Å²) < 4.78 is 31.3. The summed E-state index contributed by atoms with van der Waals surface area (Å²) in [6.45, 7) is 6.65. The third-order valence-corrected chi connectivity index (χ3v) is 7.62. The van der Waals surface area contributed by atoms with E-state index in [9.17, 15) is 13.2 Å². The van der Waals surface area contributed by atoms with Crippen LogP contribution in [-0.4, -0.2) is 47.3 Å². The van der Waals surface area contributed by atoms with Gasteiger partial charge in [-0.25, -0.2) is 8.42 Å². The molecule has 0 saturated carbocycles. The number of ether oxygens (including phenoxy) is 1. The Morgan fingerprint density at radius 2 is 1.79 bits per heavy atom. The summed E-state index contributed by atoms with van der Waals surface area (Å²) in [7, 11) is -2.01. The Labute approximate surface area is 204 Å². The zero-order chi connectivity index (χ0) is 24.7. The molecule has 1 aliphatic rings. The minimum absolute atomic E-state index is 0.102. The van der Waals surface area contributed by atoms with Crippen molar-refractivity contribution in [1.29, 1.82) is 0 Å². The number of hydrogen-bond donors (Lipinski definition) is 1. The highest BCUT2D eigenvalue weighted by Gasteiger charge is 2.21. The zero-order valence-electron chi connectivity index (χ0n) is 20.7. The minimum atomic E-state index is -3.51. The van der Waals surface area contributed by atoms with Gasteiger partial charge in [0.15, 0.2) is 0 Å². The van der Waals surface area contributed by atoms with Gasteiger partial charge in [0.05, 0.1) is 25.1 Å². The van der Waals surface area contributed by atoms with Crippen LogP contribution in [0.15, 0.2) is 48.5 Å². The molecular formula is C26H37N3O4S. The van der Waals surface area contributed by atoms with Gasteiger partial charge >= 0.3 is 0 Å². The first-order chi connectivity index (χ1) is 16.2. The Morgan fingerprint density at radius 1 is 1.15 bits per heavy atom. The van der Waals surface area contributed by atoms with E-state index in [1.807, 2.05) is 6.92 Å². The van der Waals surface area contributed by atoms with E-state index in [4.69, 9.17) is 4.74 Å².